The van der Waals surface area contributed by atoms with E-state index in [1.807, 2.05) is 24.3 Å². The summed E-state index contributed by atoms with van der Waals surface area (Å²) in [6.45, 7) is 14.7. The zero-order valence-corrected chi connectivity index (χ0v) is 58.2. The second-order valence-electron chi connectivity index (χ2n) is 20.0. The van der Waals surface area contributed by atoms with E-state index in [1.165, 1.54) is 83.1 Å². The number of hydrogen-bond acceptors (Lipinski definition) is 21. The van der Waals surface area contributed by atoms with Crippen molar-refractivity contribution in [1.82, 2.24) is 0 Å². The van der Waals surface area contributed by atoms with Crippen LogP contribution >= 0.6 is 136 Å². The lowest BCUT2D eigenvalue weighted by Gasteiger charge is -2.47. The maximum atomic E-state index is 13.9. The average molecular weight is 1790 g/mol. The monoisotopic (exact) mass is 1790 g/mol. The largest absolute Gasteiger partial charge is 0.480 e. The van der Waals surface area contributed by atoms with Crippen LogP contribution in [0.4, 0.5) is 0 Å². The van der Waals surface area contributed by atoms with Gasteiger partial charge in [0.05, 0.1) is 49.8 Å². The molecular formula is C52H64I6O21. The van der Waals surface area contributed by atoms with Crippen LogP contribution in [0.25, 0.3) is 0 Å². The summed E-state index contributed by atoms with van der Waals surface area (Å²) in [4.78, 5) is 110. The fraction of sp³-hybridized carbons (Fsp3) is 0.615. The SMILES string of the molecule is CC(C)C(=O)OC[C@@]1(O[C@H]2O[C@H](COC(=O)COc3c(I)cc(I)cc3I)[C@@H](OC(=O)C(C)C)[C@H](OC(=O)C(C)C)[C@H]2OC(=O)C(C)C)O[C@H](COC(=O)COc2c(I)cc(I)cc2I)[C@@H](OC(=O)C(C)C)[C@@H]1OC(=O)C(C)C. The first-order valence-corrected chi connectivity index (χ1v) is 31.4. The van der Waals surface area contributed by atoms with E-state index in [2.05, 4.69) is 136 Å². The molecule has 0 spiro atoms. The maximum absolute atomic E-state index is 13.9. The fourth-order valence-corrected chi connectivity index (χ4v) is 14.7. The quantitative estimate of drug-likeness (QED) is 0.0511. The molecule has 27 heteroatoms. The van der Waals surface area contributed by atoms with Gasteiger partial charge in [0.1, 0.15) is 43.5 Å². The van der Waals surface area contributed by atoms with Gasteiger partial charge in [0, 0.05) is 7.14 Å². The summed E-state index contributed by atoms with van der Waals surface area (Å²) < 4.78 is 84.1. The Balaban J connectivity index is 1.94. The highest BCUT2D eigenvalue weighted by atomic mass is 127. The summed E-state index contributed by atoms with van der Waals surface area (Å²) in [6, 6.07) is 7.41. The fourth-order valence-electron chi connectivity index (χ4n) is 6.92. The zero-order valence-electron chi connectivity index (χ0n) is 45.3. The van der Waals surface area contributed by atoms with Gasteiger partial charge in [-0.2, -0.15) is 0 Å². The third kappa shape index (κ3) is 20.1. The number of carbonyl (C=O) groups excluding carboxylic acids is 8. The normalized spacial score (nSPS) is 22.9. The first-order chi connectivity index (χ1) is 36.8. The van der Waals surface area contributed by atoms with Gasteiger partial charge in [-0.1, -0.05) is 83.1 Å². The molecule has 4 rings (SSSR count). The second kappa shape index (κ2) is 31.8. The van der Waals surface area contributed by atoms with Gasteiger partial charge in [0.15, 0.2) is 43.7 Å². The molecule has 79 heavy (non-hydrogen) atoms. The Morgan fingerprint density at radius 2 is 0.810 bits per heavy atom. The van der Waals surface area contributed by atoms with Gasteiger partial charge in [-0.3, -0.25) is 28.8 Å². The van der Waals surface area contributed by atoms with Gasteiger partial charge in [-0.05, 0) is 160 Å². The number of rotatable bonds is 25. The molecule has 9 atom stereocenters. The van der Waals surface area contributed by atoms with Crippen LogP contribution in [-0.2, 0) is 90.5 Å². The van der Waals surface area contributed by atoms with Crippen molar-refractivity contribution in [3.8, 4) is 11.5 Å². The van der Waals surface area contributed by atoms with Crippen LogP contribution in [0, 0.1) is 56.9 Å². The number of carbonyl (C=O) groups is 8. The number of esters is 8. The summed E-state index contributed by atoms with van der Waals surface area (Å²) in [6.07, 6.45) is -14.4. The molecule has 440 valence electrons. The lowest BCUT2D eigenvalue weighted by Crippen LogP contribution is -2.66. The van der Waals surface area contributed by atoms with Gasteiger partial charge in [0.25, 0.3) is 0 Å². The smallest absolute Gasteiger partial charge is 0.344 e. The summed E-state index contributed by atoms with van der Waals surface area (Å²) >= 11 is 12.6. The minimum absolute atomic E-state index is 0.415. The highest BCUT2D eigenvalue weighted by Gasteiger charge is 2.65. The Labute approximate surface area is 540 Å². The Bertz CT molecular complexity index is 2470. The second-order valence-corrected chi connectivity index (χ2v) is 27.1. The molecule has 0 radical (unpaired) electrons. The van der Waals surface area contributed by atoms with E-state index in [0.29, 0.717) is 18.6 Å². The van der Waals surface area contributed by atoms with E-state index in [0.717, 1.165) is 14.3 Å². The van der Waals surface area contributed by atoms with Crippen molar-refractivity contribution in [1.29, 1.82) is 0 Å². The van der Waals surface area contributed by atoms with Gasteiger partial charge < -0.3 is 61.6 Å². The van der Waals surface area contributed by atoms with Crippen LogP contribution < -0.4 is 9.47 Å². The molecule has 2 aliphatic heterocycles. The first kappa shape index (κ1) is 69.6. The standard InChI is InChI=1S/C52H64I6O21/c1-22(2)45(61)71-21-52(44(77-50(66)27(11)12)41(74-47(63)24(5)6)35(78-52)18-68-37(60)20-70-39-32(57)15-29(54)16-33(39)58)79-51-43(76-49(65)26(9)10)42(75-48(64)25(7)8)40(73-46(62)23(3)4)34(72-51)17-67-36(59)19-69-38-30(55)13-28(53)14-31(38)56/h13-16,22-27,34-35,40-44,51H,17-21H2,1-12H3/t34-,35-,40-,41-,42+,43-,44+,51-,52+/m1/s1. The minimum Gasteiger partial charge on any atom is -0.480 e. The van der Waals surface area contributed by atoms with Gasteiger partial charge in [0.2, 0.25) is 12.1 Å². The third-order valence-electron chi connectivity index (χ3n) is 11.3. The molecule has 0 aromatic heterocycles. The molecule has 2 aliphatic rings. The van der Waals surface area contributed by atoms with Crippen molar-refractivity contribution >= 4 is 183 Å². The molecule has 2 saturated heterocycles. The molecule has 21 nitrogen and oxygen atoms in total. The van der Waals surface area contributed by atoms with E-state index < -0.39 is 171 Å². The van der Waals surface area contributed by atoms with Crippen molar-refractivity contribution in [2.24, 2.45) is 35.5 Å². The van der Waals surface area contributed by atoms with Crippen molar-refractivity contribution < 1.29 is 99.9 Å². The molecule has 0 unspecified atom stereocenters. The number of benzene rings is 2. The number of halogens is 6. The predicted molar refractivity (Wildman–Crippen MR) is 329 cm³/mol. The summed E-state index contributed by atoms with van der Waals surface area (Å²) in [5, 5.41) is 0. The molecule has 2 aromatic carbocycles. The topological polar surface area (TPSA) is 257 Å². The van der Waals surface area contributed by atoms with Crippen LogP contribution in [0.1, 0.15) is 83.1 Å². The lowest BCUT2D eigenvalue weighted by atomic mass is 9.97. The van der Waals surface area contributed by atoms with Crippen LogP contribution in [0.5, 0.6) is 11.5 Å². The highest BCUT2D eigenvalue weighted by Crippen LogP contribution is 2.43. The summed E-state index contributed by atoms with van der Waals surface area (Å²) in [7, 11) is 0. The van der Waals surface area contributed by atoms with Gasteiger partial charge >= 0.3 is 47.8 Å². The van der Waals surface area contributed by atoms with E-state index >= 15 is 0 Å². The Kier molecular flexibility index (Phi) is 28.0. The lowest BCUT2D eigenvalue weighted by molar-refractivity contribution is -0.385. The molecule has 0 bridgehead atoms. The average Bonchev–Trinajstić information content (AvgIpc) is 3.76. The van der Waals surface area contributed by atoms with E-state index in [-0.39, 0.29) is 0 Å². The van der Waals surface area contributed by atoms with Crippen molar-refractivity contribution in [3.63, 3.8) is 0 Å². The van der Waals surface area contributed by atoms with E-state index in [1.54, 1.807) is 0 Å². The maximum Gasteiger partial charge on any atom is 0.344 e. The first-order valence-electron chi connectivity index (χ1n) is 24.9. The molecule has 2 aromatic rings. The number of hydrogen-bond donors (Lipinski definition) is 0. The van der Waals surface area contributed by atoms with Crippen LogP contribution in [-0.4, -0.2) is 136 Å². The molecule has 0 N–H and O–H groups in total. The summed E-state index contributed by atoms with van der Waals surface area (Å²) in [5.74, 6) is -13.7. The van der Waals surface area contributed by atoms with Gasteiger partial charge in [-0.15, -0.1) is 0 Å². The van der Waals surface area contributed by atoms with E-state index in [4.69, 9.17) is 61.6 Å². The molecule has 0 amide bonds. The Hall–Kier alpha value is -1.94. The highest BCUT2D eigenvalue weighted by molar-refractivity contribution is 14.1. The van der Waals surface area contributed by atoms with Crippen molar-refractivity contribution in [3.05, 3.63) is 45.7 Å². The Morgan fingerprint density at radius 1 is 0.456 bits per heavy atom. The predicted octanol–water partition coefficient (Wildman–Crippen LogP) is 8.73. The molecule has 2 fully saturated rings. The molecule has 2 heterocycles. The molecule has 0 aliphatic carbocycles. The minimum atomic E-state index is -2.67. The summed E-state index contributed by atoms with van der Waals surface area (Å²) in [5.41, 5.74) is 0. The van der Waals surface area contributed by atoms with Crippen LogP contribution in [0.2, 0.25) is 0 Å². The van der Waals surface area contributed by atoms with Crippen LogP contribution in [0.15, 0.2) is 24.3 Å². The molecular weight excluding hydrogens is 1720 g/mol. The van der Waals surface area contributed by atoms with Crippen molar-refractivity contribution in [2.45, 2.75) is 138 Å². The van der Waals surface area contributed by atoms with E-state index in [9.17, 15) is 38.4 Å². The third-order valence-corrected chi connectivity index (χ3v) is 15.7. The molecule has 0 saturated carbocycles. The number of ether oxygens (including phenoxy) is 13. The van der Waals surface area contributed by atoms with Gasteiger partial charge in [-0.25, -0.2) is 9.59 Å². The zero-order chi connectivity index (χ0) is 59.4. The Morgan fingerprint density at radius 3 is 1.22 bits per heavy atom. The van der Waals surface area contributed by atoms with Crippen LogP contribution in [0.3, 0.4) is 0 Å². The van der Waals surface area contributed by atoms with Crippen molar-refractivity contribution in [2.75, 3.05) is 33.0 Å².